The Morgan fingerprint density at radius 1 is 1.17 bits per heavy atom. The zero-order valence-corrected chi connectivity index (χ0v) is 11.7. The van der Waals surface area contributed by atoms with Crippen molar-refractivity contribution in [3.8, 4) is 16.9 Å². The van der Waals surface area contributed by atoms with E-state index in [1.165, 1.54) is 23.1 Å². The Bertz CT molecular complexity index is 475. The van der Waals surface area contributed by atoms with Gasteiger partial charge in [-0.3, -0.25) is 0 Å². The van der Waals surface area contributed by atoms with Crippen molar-refractivity contribution in [3.63, 3.8) is 0 Å². The van der Waals surface area contributed by atoms with Crippen LogP contribution in [0.25, 0.3) is 11.1 Å². The number of ether oxygens (including phenoxy) is 1. The highest BCUT2D eigenvalue weighted by molar-refractivity contribution is 7.08. The second-order valence-corrected chi connectivity index (χ2v) is 4.96. The van der Waals surface area contributed by atoms with E-state index in [0.717, 1.165) is 18.8 Å². The summed E-state index contributed by atoms with van der Waals surface area (Å²) in [4.78, 5) is 0. The summed E-state index contributed by atoms with van der Waals surface area (Å²) in [6.07, 6.45) is 1.17. The van der Waals surface area contributed by atoms with Gasteiger partial charge in [-0.1, -0.05) is 19.1 Å². The predicted octanol–water partition coefficient (Wildman–Crippen LogP) is 3.92. The number of benzene rings is 1. The number of rotatable bonds is 6. The largest absolute Gasteiger partial charge is 0.497 e. The zero-order valence-electron chi connectivity index (χ0n) is 10.9. The molecule has 1 heterocycles. The van der Waals surface area contributed by atoms with Gasteiger partial charge in [-0.25, -0.2) is 0 Å². The molecule has 1 N–H and O–H groups in total. The van der Waals surface area contributed by atoms with E-state index in [2.05, 4.69) is 35.1 Å². The maximum atomic E-state index is 5.19. The van der Waals surface area contributed by atoms with Crippen LogP contribution in [0.2, 0.25) is 0 Å². The number of hydrogen-bond donors (Lipinski definition) is 1. The van der Waals surface area contributed by atoms with Crippen LogP contribution in [0.15, 0.2) is 35.0 Å². The van der Waals surface area contributed by atoms with E-state index in [9.17, 15) is 0 Å². The summed E-state index contributed by atoms with van der Waals surface area (Å²) in [6.45, 7) is 4.20. The minimum absolute atomic E-state index is 0.902. The van der Waals surface area contributed by atoms with Gasteiger partial charge in [0.25, 0.3) is 0 Å². The van der Waals surface area contributed by atoms with Gasteiger partial charge in [0.05, 0.1) is 7.11 Å². The molecule has 0 atom stereocenters. The van der Waals surface area contributed by atoms with Gasteiger partial charge >= 0.3 is 0 Å². The van der Waals surface area contributed by atoms with Crippen LogP contribution >= 0.6 is 11.3 Å². The second kappa shape index (κ2) is 6.57. The molecule has 96 valence electrons. The Hall–Kier alpha value is -1.32. The molecule has 0 aliphatic heterocycles. The molecule has 0 fully saturated rings. The first-order valence-corrected chi connectivity index (χ1v) is 7.19. The quantitative estimate of drug-likeness (QED) is 0.796. The molecule has 3 heteroatoms. The van der Waals surface area contributed by atoms with E-state index in [4.69, 9.17) is 4.74 Å². The van der Waals surface area contributed by atoms with E-state index in [1.54, 1.807) is 18.4 Å². The summed E-state index contributed by atoms with van der Waals surface area (Å²) >= 11 is 1.76. The first-order chi connectivity index (χ1) is 8.85. The van der Waals surface area contributed by atoms with Crippen LogP contribution in [0.4, 0.5) is 0 Å². The van der Waals surface area contributed by atoms with Gasteiger partial charge in [0.1, 0.15) is 5.75 Å². The van der Waals surface area contributed by atoms with Crippen LogP contribution in [-0.4, -0.2) is 13.7 Å². The molecule has 0 radical (unpaired) electrons. The van der Waals surface area contributed by atoms with Crippen molar-refractivity contribution in [3.05, 3.63) is 40.6 Å². The molecule has 0 saturated carbocycles. The number of methoxy groups -OCH3 is 1. The van der Waals surface area contributed by atoms with Crippen molar-refractivity contribution in [2.45, 2.75) is 19.9 Å². The van der Waals surface area contributed by atoms with Gasteiger partial charge < -0.3 is 10.1 Å². The number of thiophene rings is 1. The first-order valence-electron chi connectivity index (χ1n) is 6.25. The number of nitrogens with one attached hydrogen (secondary N) is 1. The van der Waals surface area contributed by atoms with Gasteiger partial charge in [0.2, 0.25) is 0 Å². The Kier molecular flexibility index (Phi) is 4.79. The third-order valence-corrected chi connectivity index (χ3v) is 3.68. The summed E-state index contributed by atoms with van der Waals surface area (Å²) < 4.78 is 5.19. The lowest BCUT2D eigenvalue weighted by atomic mass is 10.0. The molecule has 2 rings (SSSR count). The van der Waals surface area contributed by atoms with Crippen LogP contribution in [0.5, 0.6) is 5.75 Å². The molecular weight excluding hydrogens is 242 g/mol. The molecule has 0 unspecified atom stereocenters. The molecule has 0 spiro atoms. The van der Waals surface area contributed by atoms with Crippen molar-refractivity contribution >= 4 is 11.3 Å². The molecule has 0 aliphatic carbocycles. The SMILES string of the molecule is CCCNCc1cscc1-c1ccc(OC)cc1. The minimum atomic E-state index is 0.902. The summed E-state index contributed by atoms with van der Waals surface area (Å²) in [7, 11) is 1.69. The Morgan fingerprint density at radius 3 is 2.61 bits per heavy atom. The monoisotopic (exact) mass is 261 g/mol. The molecule has 0 aliphatic rings. The smallest absolute Gasteiger partial charge is 0.118 e. The summed E-state index contributed by atoms with van der Waals surface area (Å²) in [5.74, 6) is 0.902. The van der Waals surface area contributed by atoms with E-state index in [1.807, 2.05) is 12.1 Å². The van der Waals surface area contributed by atoms with Crippen LogP contribution in [0.1, 0.15) is 18.9 Å². The van der Waals surface area contributed by atoms with Gasteiger partial charge in [-0.15, -0.1) is 0 Å². The molecule has 1 aromatic carbocycles. The van der Waals surface area contributed by atoms with Crippen molar-refractivity contribution in [2.24, 2.45) is 0 Å². The highest BCUT2D eigenvalue weighted by atomic mass is 32.1. The fourth-order valence-corrected chi connectivity index (χ4v) is 2.75. The van der Waals surface area contributed by atoms with Gasteiger partial charge in [0, 0.05) is 6.54 Å². The third-order valence-electron chi connectivity index (χ3n) is 2.89. The molecule has 1 aromatic heterocycles. The maximum Gasteiger partial charge on any atom is 0.118 e. The van der Waals surface area contributed by atoms with Crippen LogP contribution in [-0.2, 0) is 6.54 Å². The maximum absolute atomic E-state index is 5.19. The lowest BCUT2D eigenvalue weighted by Gasteiger charge is -2.06. The first kappa shape index (κ1) is 13.1. The Balaban J connectivity index is 2.14. The molecule has 0 saturated heterocycles. The van der Waals surface area contributed by atoms with Crippen LogP contribution < -0.4 is 10.1 Å². The molecule has 0 amide bonds. The summed E-state index contributed by atoms with van der Waals surface area (Å²) in [5, 5.41) is 7.89. The molecule has 2 aromatic rings. The number of hydrogen-bond acceptors (Lipinski definition) is 3. The topological polar surface area (TPSA) is 21.3 Å². The fraction of sp³-hybridized carbons (Fsp3) is 0.333. The lowest BCUT2D eigenvalue weighted by Crippen LogP contribution is -2.13. The Labute approximate surface area is 113 Å². The second-order valence-electron chi connectivity index (χ2n) is 4.22. The average molecular weight is 261 g/mol. The standard InChI is InChI=1S/C15H19NOS/c1-3-8-16-9-13-10-18-11-15(13)12-4-6-14(17-2)7-5-12/h4-7,10-11,16H,3,8-9H2,1-2H3. The van der Waals surface area contributed by atoms with Crippen molar-refractivity contribution in [2.75, 3.05) is 13.7 Å². The zero-order chi connectivity index (χ0) is 12.8. The van der Waals surface area contributed by atoms with E-state index in [0.29, 0.717) is 0 Å². The average Bonchev–Trinajstić information content (AvgIpc) is 2.88. The molecule has 2 nitrogen and oxygen atoms in total. The van der Waals surface area contributed by atoms with Crippen LogP contribution in [0.3, 0.4) is 0 Å². The molecular formula is C15H19NOS. The fourth-order valence-electron chi connectivity index (χ4n) is 1.88. The lowest BCUT2D eigenvalue weighted by molar-refractivity contribution is 0.415. The van der Waals surface area contributed by atoms with E-state index in [-0.39, 0.29) is 0 Å². The van der Waals surface area contributed by atoms with E-state index < -0.39 is 0 Å². The normalized spacial score (nSPS) is 10.6. The highest BCUT2D eigenvalue weighted by Gasteiger charge is 2.06. The summed E-state index contributed by atoms with van der Waals surface area (Å²) in [5.41, 5.74) is 3.95. The van der Waals surface area contributed by atoms with Gasteiger partial charge in [-0.05, 0) is 52.5 Å². The summed E-state index contributed by atoms with van der Waals surface area (Å²) in [6, 6.07) is 8.25. The predicted molar refractivity (Wildman–Crippen MR) is 78.3 cm³/mol. The van der Waals surface area contributed by atoms with Crippen LogP contribution in [0, 0.1) is 0 Å². The van der Waals surface area contributed by atoms with E-state index >= 15 is 0 Å². The molecule has 0 bridgehead atoms. The highest BCUT2D eigenvalue weighted by Crippen LogP contribution is 2.28. The minimum Gasteiger partial charge on any atom is -0.497 e. The third kappa shape index (κ3) is 3.12. The Morgan fingerprint density at radius 2 is 1.94 bits per heavy atom. The molecule has 18 heavy (non-hydrogen) atoms. The van der Waals surface area contributed by atoms with Crippen molar-refractivity contribution < 1.29 is 4.74 Å². The van der Waals surface area contributed by atoms with Gasteiger partial charge in [-0.2, -0.15) is 11.3 Å². The van der Waals surface area contributed by atoms with Crippen molar-refractivity contribution in [1.82, 2.24) is 5.32 Å². The van der Waals surface area contributed by atoms with Crippen molar-refractivity contribution in [1.29, 1.82) is 0 Å². The van der Waals surface area contributed by atoms with Gasteiger partial charge in [0.15, 0.2) is 0 Å².